The van der Waals surface area contributed by atoms with E-state index in [1.165, 1.54) is 22.3 Å². The van der Waals surface area contributed by atoms with Crippen molar-refractivity contribution in [2.75, 3.05) is 52.9 Å². The van der Waals surface area contributed by atoms with Crippen LogP contribution in [0.25, 0.3) is 0 Å². The van der Waals surface area contributed by atoms with Gasteiger partial charge in [-0.2, -0.15) is 0 Å². The highest BCUT2D eigenvalue weighted by molar-refractivity contribution is 8.00. The van der Waals surface area contributed by atoms with E-state index in [0.29, 0.717) is 39.6 Å². The van der Waals surface area contributed by atoms with Gasteiger partial charge in [-0.25, -0.2) is 0 Å². The Hall–Kier alpha value is -1.97. The predicted molar refractivity (Wildman–Crippen MR) is 190 cm³/mol. The molecule has 5 atom stereocenters. The third-order valence-electron chi connectivity index (χ3n) is 9.20. The number of thioether (sulfide) groups is 1. The molecule has 0 aliphatic carbocycles. The molecule has 0 amide bonds. The zero-order valence-corrected chi connectivity index (χ0v) is 30.1. The molecule has 2 aromatic carbocycles. The Morgan fingerprint density at radius 1 is 0.681 bits per heavy atom. The molecule has 0 saturated carbocycles. The molecule has 262 valence electrons. The molecule has 3 heterocycles. The summed E-state index contributed by atoms with van der Waals surface area (Å²) in [6, 6.07) is 11.0. The van der Waals surface area contributed by atoms with Crippen molar-refractivity contribution in [3.63, 3.8) is 0 Å². The molecular weight excluding hydrogens is 612 g/mol. The van der Waals surface area contributed by atoms with Gasteiger partial charge in [0.05, 0.1) is 23.7 Å². The number of hydrogen-bond acceptors (Lipinski definition) is 8. The van der Waals surface area contributed by atoms with Crippen molar-refractivity contribution >= 4 is 11.8 Å². The molecule has 7 nitrogen and oxygen atoms in total. The number of hydrogen-bond donors (Lipinski definition) is 0. The first-order valence-electron chi connectivity index (χ1n) is 18.4. The second-order valence-corrected chi connectivity index (χ2v) is 14.4. The largest absolute Gasteiger partial charge is 0.493 e. The highest BCUT2D eigenvalue weighted by Crippen LogP contribution is 2.49. The number of benzene rings is 2. The van der Waals surface area contributed by atoms with Gasteiger partial charge in [-0.15, -0.1) is 11.8 Å². The molecule has 0 N–H and O–H groups in total. The fraction of sp³-hybridized carbons (Fsp3) is 0.692. The van der Waals surface area contributed by atoms with E-state index in [0.717, 1.165) is 94.7 Å². The second-order valence-electron chi connectivity index (χ2n) is 13.0. The van der Waals surface area contributed by atoms with E-state index < -0.39 is 0 Å². The molecule has 47 heavy (non-hydrogen) atoms. The number of rotatable bonds is 20. The molecule has 5 rings (SSSR count). The molecule has 0 bridgehead atoms. The van der Waals surface area contributed by atoms with Crippen molar-refractivity contribution in [2.24, 2.45) is 0 Å². The molecule has 0 radical (unpaired) electrons. The van der Waals surface area contributed by atoms with Crippen LogP contribution in [0.3, 0.4) is 0 Å². The highest BCUT2D eigenvalue weighted by atomic mass is 32.2. The van der Waals surface area contributed by atoms with Crippen molar-refractivity contribution in [1.29, 1.82) is 0 Å². The lowest BCUT2D eigenvalue weighted by Crippen LogP contribution is -2.55. The molecule has 1 fully saturated rings. The van der Waals surface area contributed by atoms with Gasteiger partial charge in [-0.3, -0.25) is 0 Å². The van der Waals surface area contributed by atoms with Gasteiger partial charge >= 0.3 is 0 Å². The van der Waals surface area contributed by atoms with Gasteiger partial charge in [0.1, 0.15) is 37.3 Å². The maximum atomic E-state index is 6.87. The predicted octanol–water partition coefficient (Wildman–Crippen LogP) is 8.51. The Bertz CT molecular complexity index is 1220. The van der Waals surface area contributed by atoms with E-state index in [2.05, 4.69) is 52.0 Å². The molecule has 0 spiro atoms. The molecule has 0 aromatic heterocycles. The zero-order valence-electron chi connectivity index (χ0n) is 29.3. The SMILES string of the molecule is CCCCOC[C@H]1S[C@@H](c2cc3c(c(Cc4ccc5c(c4)OCCO5)c2)OCC3)[C@H](OCCCC)[C@@H](OCCCC)[C@@H]1OCCCC. The molecule has 1 saturated heterocycles. The first-order chi connectivity index (χ1) is 23.2. The van der Waals surface area contributed by atoms with E-state index in [-0.39, 0.29) is 28.8 Å². The quantitative estimate of drug-likeness (QED) is 0.130. The summed E-state index contributed by atoms with van der Waals surface area (Å²) in [6.07, 6.45) is 9.81. The van der Waals surface area contributed by atoms with Gasteiger partial charge in [0.25, 0.3) is 0 Å². The standard InChI is InChI=1S/C39H58O7S/c1-5-9-16-40-27-34-36(43-17-10-6-2)37(44-18-11-7-3)38(45-19-12-8-4)39(47-34)31-25-29-15-20-46-35(29)30(26-31)23-28-13-14-32-33(24-28)42-22-21-41-32/h13-14,24-26,34,36-39H,5-12,15-23,27H2,1-4H3/t34-,36-,37+,38-,39+/m1/s1. The third-order valence-corrected chi connectivity index (χ3v) is 10.8. The van der Waals surface area contributed by atoms with Gasteiger partial charge in [-0.1, -0.05) is 71.6 Å². The minimum Gasteiger partial charge on any atom is -0.493 e. The minimum atomic E-state index is -0.174. The van der Waals surface area contributed by atoms with E-state index >= 15 is 0 Å². The average molecular weight is 671 g/mol. The minimum absolute atomic E-state index is 0.0780. The van der Waals surface area contributed by atoms with Crippen LogP contribution in [0.1, 0.15) is 107 Å². The van der Waals surface area contributed by atoms with Crippen LogP contribution >= 0.6 is 11.8 Å². The molecule has 3 aliphatic rings. The Morgan fingerprint density at radius 3 is 2.06 bits per heavy atom. The molecule has 3 aliphatic heterocycles. The number of fused-ring (bicyclic) bond motifs is 2. The maximum absolute atomic E-state index is 6.87. The summed E-state index contributed by atoms with van der Waals surface area (Å²) in [5.74, 6) is 2.67. The fourth-order valence-corrected chi connectivity index (χ4v) is 8.18. The lowest BCUT2D eigenvalue weighted by Gasteiger charge is -2.46. The van der Waals surface area contributed by atoms with Crippen molar-refractivity contribution in [2.45, 2.75) is 121 Å². The summed E-state index contributed by atoms with van der Waals surface area (Å²) in [6.45, 7) is 14.3. The Kier molecular flexibility index (Phi) is 14.9. The van der Waals surface area contributed by atoms with Gasteiger partial charge in [0.2, 0.25) is 0 Å². The smallest absolute Gasteiger partial charge is 0.161 e. The Labute approximate surface area is 287 Å². The van der Waals surface area contributed by atoms with Gasteiger partial charge in [0.15, 0.2) is 11.5 Å². The van der Waals surface area contributed by atoms with Crippen LogP contribution in [0.2, 0.25) is 0 Å². The summed E-state index contributed by atoms with van der Waals surface area (Å²) in [5.41, 5.74) is 4.95. The Morgan fingerprint density at radius 2 is 1.34 bits per heavy atom. The second kappa shape index (κ2) is 19.3. The summed E-state index contributed by atoms with van der Waals surface area (Å²) >= 11 is 1.96. The van der Waals surface area contributed by atoms with Crippen LogP contribution < -0.4 is 14.2 Å². The van der Waals surface area contributed by atoms with Crippen molar-refractivity contribution in [3.05, 3.63) is 52.6 Å². The first-order valence-corrected chi connectivity index (χ1v) is 19.4. The van der Waals surface area contributed by atoms with Gasteiger partial charge < -0.3 is 33.2 Å². The summed E-state index contributed by atoms with van der Waals surface area (Å²) < 4.78 is 44.7. The van der Waals surface area contributed by atoms with Crippen molar-refractivity contribution in [3.8, 4) is 17.2 Å². The van der Waals surface area contributed by atoms with Crippen LogP contribution in [0, 0.1) is 0 Å². The zero-order chi connectivity index (χ0) is 32.8. The normalized spacial score (nSPS) is 23.4. The lowest BCUT2D eigenvalue weighted by molar-refractivity contribution is -0.149. The molecule has 8 heteroatoms. The Balaban J connectivity index is 1.50. The highest BCUT2D eigenvalue weighted by Gasteiger charge is 2.48. The first kappa shape index (κ1) is 36.3. The summed E-state index contributed by atoms with van der Waals surface area (Å²) in [5, 5.41) is 0.214. The van der Waals surface area contributed by atoms with E-state index in [1.807, 2.05) is 17.8 Å². The van der Waals surface area contributed by atoms with Gasteiger partial charge in [-0.05, 0) is 60.1 Å². The van der Waals surface area contributed by atoms with Crippen LogP contribution in [0.4, 0.5) is 0 Å². The lowest BCUT2D eigenvalue weighted by atomic mass is 9.92. The van der Waals surface area contributed by atoms with Crippen LogP contribution in [0.15, 0.2) is 30.3 Å². The number of unbranched alkanes of at least 4 members (excludes halogenated alkanes) is 4. The number of ether oxygens (including phenoxy) is 7. The van der Waals surface area contributed by atoms with Crippen LogP contribution in [0.5, 0.6) is 17.2 Å². The maximum Gasteiger partial charge on any atom is 0.161 e. The van der Waals surface area contributed by atoms with E-state index in [9.17, 15) is 0 Å². The molecule has 2 aromatic rings. The van der Waals surface area contributed by atoms with Crippen molar-refractivity contribution < 1.29 is 33.2 Å². The molecule has 0 unspecified atom stereocenters. The summed E-state index contributed by atoms with van der Waals surface area (Å²) in [7, 11) is 0. The topological polar surface area (TPSA) is 64.6 Å². The molecular formula is C39H58O7S. The average Bonchev–Trinajstić information content (AvgIpc) is 3.57. The van der Waals surface area contributed by atoms with E-state index in [1.54, 1.807) is 0 Å². The van der Waals surface area contributed by atoms with Crippen LogP contribution in [-0.4, -0.2) is 76.4 Å². The monoisotopic (exact) mass is 670 g/mol. The van der Waals surface area contributed by atoms with Gasteiger partial charge in [0, 0.05) is 39.3 Å². The van der Waals surface area contributed by atoms with Crippen molar-refractivity contribution in [1.82, 2.24) is 0 Å². The summed E-state index contributed by atoms with van der Waals surface area (Å²) in [4.78, 5) is 0. The fourth-order valence-electron chi connectivity index (χ4n) is 6.56. The third kappa shape index (κ3) is 9.81. The van der Waals surface area contributed by atoms with E-state index in [4.69, 9.17) is 33.2 Å². The van der Waals surface area contributed by atoms with Crippen LogP contribution in [-0.2, 0) is 31.8 Å².